The number of carbonyl (C=O) groups excluding carboxylic acids is 1. The molecule has 0 saturated carbocycles. The van der Waals surface area contributed by atoms with E-state index in [0.29, 0.717) is 19.5 Å². The van der Waals surface area contributed by atoms with E-state index >= 15 is 0 Å². The molecule has 1 unspecified atom stereocenters. The summed E-state index contributed by atoms with van der Waals surface area (Å²) in [6.07, 6.45) is 3.41. The molecule has 6 rings (SSSR count). The van der Waals surface area contributed by atoms with E-state index in [1.54, 1.807) is 7.11 Å². The lowest BCUT2D eigenvalue weighted by molar-refractivity contribution is -0.131. The number of aryl methyl sites for hydroxylation is 1. The van der Waals surface area contributed by atoms with E-state index < -0.39 is 0 Å². The molecule has 3 heterocycles. The second-order valence-electron chi connectivity index (χ2n) is 9.85. The van der Waals surface area contributed by atoms with Crippen molar-refractivity contribution in [3.8, 4) is 17.2 Å². The third-order valence-electron chi connectivity index (χ3n) is 7.83. The highest BCUT2D eigenvalue weighted by molar-refractivity contribution is 5.88. The molecule has 3 aromatic carbocycles. The SMILES string of the molecule is CCc1cccc2c(C(CC(=O)N3CCN(c4ccccc4OC)CC3)c3ccc4c(c3)OCO4)c[nH]c12. The number of amides is 1. The fourth-order valence-electron chi connectivity index (χ4n) is 5.75. The molecule has 1 amide bonds. The number of nitrogens with one attached hydrogen (secondary N) is 1. The summed E-state index contributed by atoms with van der Waals surface area (Å²) in [5.74, 6) is 2.40. The van der Waals surface area contributed by atoms with Crippen LogP contribution in [-0.2, 0) is 11.2 Å². The summed E-state index contributed by atoms with van der Waals surface area (Å²) in [7, 11) is 1.70. The number of ether oxygens (including phenoxy) is 3. The molecule has 0 spiro atoms. The van der Waals surface area contributed by atoms with Gasteiger partial charge in [-0.2, -0.15) is 0 Å². The highest BCUT2D eigenvalue weighted by Gasteiger charge is 2.29. The maximum absolute atomic E-state index is 13.8. The van der Waals surface area contributed by atoms with Gasteiger partial charge in [0.15, 0.2) is 11.5 Å². The molecule has 1 N–H and O–H groups in total. The maximum atomic E-state index is 13.8. The number of carbonyl (C=O) groups is 1. The number of aromatic amines is 1. The van der Waals surface area contributed by atoms with Crippen molar-refractivity contribution in [1.29, 1.82) is 0 Å². The second kappa shape index (κ2) is 10.3. The fraction of sp³-hybridized carbons (Fsp3) is 0.323. The minimum absolute atomic E-state index is 0.106. The van der Waals surface area contributed by atoms with Crippen LogP contribution in [0.25, 0.3) is 10.9 Å². The van der Waals surface area contributed by atoms with Crippen molar-refractivity contribution in [2.45, 2.75) is 25.7 Å². The van der Waals surface area contributed by atoms with Gasteiger partial charge >= 0.3 is 0 Å². The van der Waals surface area contributed by atoms with Crippen LogP contribution in [0.5, 0.6) is 17.2 Å². The van der Waals surface area contributed by atoms with E-state index in [4.69, 9.17) is 14.2 Å². The number of fused-ring (bicyclic) bond motifs is 2. The van der Waals surface area contributed by atoms with Gasteiger partial charge in [0, 0.05) is 55.6 Å². The Morgan fingerprint density at radius 3 is 2.63 bits per heavy atom. The minimum atomic E-state index is -0.106. The first kappa shape index (κ1) is 24.2. The number of para-hydroxylation sites is 3. The van der Waals surface area contributed by atoms with E-state index in [9.17, 15) is 4.79 Å². The summed E-state index contributed by atoms with van der Waals surface area (Å²) in [4.78, 5) is 21.5. The highest BCUT2D eigenvalue weighted by atomic mass is 16.7. The average molecular weight is 512 g/mol. The normalized spacial score (nSPS) is 15.6. The number of benzene rings is 3. The van der Waals surface area contributed by atoms with Crippen molar-refractivity contribution < 1.29 is 19.0 Å². The van der Waals surface area contributed by atoms with Crippen LogP contribution >= 0.6 is 0 Å². The summed E-state index contributed by atoms with van der Waals surface area (Å²) in [5.41, 5.74) is 5.68. The van der Waals surface area contributed by atoms with Gasteiger partial charge < -0.3 is 29.0 Å². The molecule has 2 aliphatic rings. The van der Waals surface area contributed by atoms with Crippen LogP contribution in [0.2, 0.25) is 0 Å². The van der Waals surface area contributed by atoms with Gasteiger partial charge in [0.25, 0.3) is 0 Å². The van der Waals surface area contributed by atoms with Crippen LogP contribution in [0, 0.1) is 0 Å². The molecule has 2 aliphatic heterocycles. The first-order valence-corrected chi connectivity index (χ1v) is 13.3. The first-order valence-electron chi connectivity index (χ1n) is 13.3. The second-order valence-corrected chi connectivity index (χ2v) is 9.85. The molecule has 1 saturated heterocycles. The maximum Gasteiger partial charge on any atom is 0.231 e. The molecular formula is C31H33N3O4. The summed E-state index contributed by atoms with van der Waals surface area (Å²) >= 11 is 0. The van der Waals surface area contributed by atoms with Gasteiger partial charge in [-0.1, -0.05) is 43.3 Å². The van der Waals surface area contributed by atoms with Gasteiger partial charge in [0.2, 0.25) is 12.7 Å². The molecule has 1 aromatic heterocycles. The Kier molecular flexibility index (Phi) is 6.58. The first-order chi connectivity index (χ1) is 18.7. The Labute approximate surface area is 222 Å². The number of piperazine rings is 1. The van der Waals surface area contributed by atoms with Crippen LogP contribution in [0.4, 0.5) is 5.69 Å². The van der Waals surface area contributed by atoms with Crippen molar-refractivity contribution in [3.63, 3.8) is 0 Å². The highest BCUT2D eigenvalue weighted by Crippen LogP contribution is 2.40. The number of nitrogens with zero attached hydrogens (tertiary/aromatic N) is 2. The van der Waals surface area contributed by atoms with Gasteiger partial charge in [-0.15, -0.1) is 0 Å². The van der Waals surface area contributed by atoms with Gasteiger partial charge in [0.1, 0.15) is 5.75 Å². The molecule has 7 heteroatoms. The fourth-order valence-corrected chi connectivity index (χ4v) is 5.75. The lowest BCUT2D eigenvalue weighted by atomic mass is 9.87. The molecule has 0 bridgehead atoms. The van der Waals surface area contributed by atoms with Crippen LogP contribution in [0.15, 0.2) is 66.9 Å². The molecule has 4 aromatic rings. The average Bonchev–Trinajstić information content (AvgIpc) is 3.62. The van der Waals surface area contributed by atoms with E-state index in [-0.39, 0.29) is 18.6 Å². The summed E-state index contributed by atoms with van der Waals surface area (Å²) in [6, 6.07) is 20.5. The van der Waals surface area contributed by atoms with E-state index in [2.05, 4.69) is 53.3 Å². The largest absolute Gasteiger partial charge is 0.495 e. The van der Waals surface area contributed by atoms with E-state index in [1.807, 2.05) is 35.2 Å². The number of rotatable bonds is 7. The van der Waals surface area contributed by atoms with Crippen molar-refractivity contribution >= 4 is 22.5 Å². The smallest absolute Gasteiger partial charge is 0.231 e. The third-order valence-corrected chi connectivity index (χ3v) is 7.83. The Morgan fingerprint density at radius 1 is 1.00 bits per heavy atom. The molecule has 7 nitrogen and oxygen atoms in total. The predicted octanol–water partition coefficient (Wildman–Crippen LogP) is 5.34. The zero-order chi connectivity index (χ0) is 26.1. The third kappa shape index (κ3) is 4.42. The van der Waals surface area contributed by atoms with Gasteiger partial charge in [-0.25, -0.2) is 0 Å². The van der Waals surface area contributed by atoms with Gasteiger partial charge in [-0.3, -0.25) is 4.79 Å². The van der Waals surface area contributed by atoms with E-state index in [0.717, 1.165) is 59.1 Å². The molecular weight excluding hydrogens is 478 g/mol. The number of H-pyrrole nitrogens is 1. The van der Waals surface area contributed by atoms with Gasteiger partial charge in [0.05, 0.1) is 12.8 Å². The Balaban J connectivity index is 1.26. The number of hydrogen-bond donors (Lipinski definition) is 1. The molecule has 0 aliphatic carbocycles. The van der Waals surface area contributed by atoms with Crippen molar-refractivity contribution in [3.05, 3.63) is 83.6 Å². The van der Waals surface area contributed by atoms with Crippen LogP contribution in [0.3, 0.4) is 0 Å². The summed E-state index contributed by atoms with van der Waals surface area (Å²) in [6.45, 7) is 5.29. The lowest BCUT2D eigenvalue weighted by Gasteiger charge is -2.37. The summed E-state index contributed by atoms with van der Waals surface area (Å²) < 4.78 is 16.8. The van der Waals surface area contributed by atoms with Crippen molar-refractivity contribution in [2.24, 2.45) is 0 Å². The van der Waals surface area contributed by atoms with Crippen LogP contribution < -0.4 is 19.1 Å². The Morgan fingerprint density at radius 2 is 1.82 bits per heavy atom. The summed E-state index contributed by atoms with van der Waals surface area (Å²) in [5, 5.41) is 1.17. The predicted molar refractivity (Wildman–Crippen MR) is 148 cm³/mol. The van der Waals surface area contributed by atoms with E-state index in [1.165, 1.54) is 10.9 Å². The molecule has 1 atom stereocenters. The standard InChI is InChI=1S/C31H33N3O4/c1-3-21-7-6-8-23-25(19-32-31(21)23)24(22-11-12-28-29(17-22)38-20-37-28)18-30(35)34-15-13-33(14-16-34)26-9-4-5-10-27(26)36-2/h4-12,17,19,24,32H,3,13-16,18,20H2,1-2H3. The minimum Gasteiger partial charge on any atom is -0.495 e. The number of aromatic nitrogens is 1. The molecule has 1 fully saturated rings. The molecule has 38 heavy (non-hydrogen) atoms. The topological polar surface area (TPSA) is 67.0 Å². The van der Waals surface area contributed by atoms with Gasteiger partial charge in [-0.05, 0) is 47.4 Å². The van der Waals surface area contributed by atoms with Crippen LogP contribution in [0.1, 0.15) is 36.0 Å². The number of anilines is 1. The Bertz CT molecular complexity index is 1450. The van der Waals surface area contributed by atoms with Crippen molar-refractivity contribution in [2.75, 3.05) is 45.0 Å². The zero-order valence-electron chi connectivity index (χ0n) is 21.9. The molecule has 196 valence electrons. The number of hydrogen-bond acceptors (Lipinski definition) is 5. The van der Waals surface area contributed by atoms with Crippen LogP contribution in [-0.4, -0.2) is 55.9 Å². The Hall–Kier alpha value is -4.13. The zero-order valence-corrected chi connectivity index (χ0v) is 21.9. The lowest BCUT2D eigenvalue weighted by Crippen LogP contribution is -2.49. The number of methoxy groups -OCH3 is 1. The monoisotopic (exact) mass is 511 g/mol. The van der Waals surface area contributed by atoms with Crippen molar-refractivity contribution in [1.82, 2.24) is 9.88 Å². The molecule has 0 radical (unpaired) electrons. The quantitative estimate of drug-likeness (QED) is 0.363.